The second-order valence-corrected chi connectivity index (χ2v) is 6.40. The van der Waals surface area contributed by atoms with Gasteiger partial charge in [-0.15, -0.1) is 0 Å². The van der Waals surface area contributed by atoms with Gasteiger partial charge in [0.25, 0.3) is 0 Å². The van der Waals surface area contributed by atoms with Crippen LogP contribution in [0.25, 0.3) is 0 Å². The summed E-state index contributed by atoms with van der Waals surface area (Å²) >= 11 is 0. The summed E-state index contributed by atoms with van der Waals surface area (Å²) in [5.74, 6) is -1.06. The minimum absolute atomic E-state index is 0.0167. The molecule has 96 valence electrons. The van der Waals surface area contributed by atoms with Crippen LogP contribution < -0.4 is 11.1 Å². The van der Waals surface area contributed by atoms with Gasteiger partial charge in [-0.1, -0.05) is 13.3 Å². The van der Waals surface area contributed by atoms with Gasteiger partial charge in [0.2, 0.25) is 5.91 Å². The molecule has 0 aromatic rings. The van der Waals surface area contributed by atoms with E-state index in [0.717, 1.165) is 12.8 Å². The van der Waals surface area contributed by atoms with Gasteiger partial charge in [0.1, 0.15) is 5.75 Å². The molecular weight excluding hydrogens is 228 g/mol. The first kappa shape index (κ1) is 15.4. The van der Waals surface area contributed by atoms with E-state index in [9.17, 15) is 13.2 Å². The molecule has 0 heterocycles. The smallest absolute Gasteiger partial charge is 0.235 e. The van der Waals surface area contributed by atoms with Gasteiger partial charge in [0.05, 0.1) is 5.75 Å². The summed E-state index contributed by atoms with van der Waals surface area (Å²) in [5, 5.41) is 2.65. The standard InChI is InChI=1S/C10H22N2O3S/c1-4-5-9(3)12-10(13)7-16(14,15)6-8(2)11/h8-9H,4-7,11H2,1-3H3,(H,12,13). The fraction of sp³-hybridized carbons (Fsp3) is 0.900. The van der Waals surface area contributed by atoms with Crippen LogP contribution in [0.1, 0.15) is 33.6 Å². The van der Waals surface area contributed by atoms with Gasteiger partial charge in [-0.25, -0.2) is 8.42 Å². The predicted molar refractivity (Wildman–Crippen MR) is 64.8 cm³/mol. The predicted octanol–water partition coefficient (Wildman–Crippen LogP) is 0.0532. The van der Waals surface area contributed by atoms with Crippen molar-refractivity contribution < 1.29 is 13.2 Å². The number of sulfone groups is 1. The number of nitrogens with one attached hydrogen (secondary N) is 1. The summed E-state index contributed by atoms with van der Waals surface area (Å²) in [7, 11) is -3.38. The summed E-state index contributed by atoms with van der Waals surface area (Å²) in [5.41, 5.74) is 5.39. The molecule has 2 atom stereocenters. The van der Waals surface area contributed by atoms with E-state index in [4.69, 9.17) is 5.73 Å². The maximum absolute atomic E-state index is 11.4. The van der Waals surface area contributed by atoms with Crippen LogP contribution in [-0.4, -0.2) is 37.9 Å². The minimum Gasteiger partial charge on any atom is -0.353 e. The lowest BCUT2D eigenvalue weighted by atomic mass is 10.2. The summed E-state index contributed by atoms with van der Waals surface area (Å²) in [6.45, 7) is 5.48. The van der Waals surface area contributed by atoms with Crippen molar-refractivity contribution in [3.8, 4) is 0 Å². The normalized spacial score (nSPS) is 15.5. The molecule has 0 aliphatic carbocycles. The first-order chi connectivity index (χ1) is 7.26. The highest BCUT2D eigenvalue weighted by molar-refractivity contribution is 7.92. The van der Waals surface area contributed by atoms with Gasteiger partial charge in [-0.05, 0) is 20.3 Å². The van der Waals surface area contributed by atoms with E-state index in [1.54, 1.807) is 6.92 Å². The number of carbonyl (C=O) groups excluding carboxylic acids is 1. The van der Waals surface area contributed by atoms with Crippen LogP contribution in [-0.2, 0) is 14.6 Å². The number of nitrogens with two attached hydrogens (primary N) is 1. The van der Waals surface area contributed by atoms with Gasteiger partial charge in [0.15, 0.2) is 9.84 Å². The van der Waals surface area contributed by atoms with E-state index >= 15 is 0 Å². The average molecular weight is 250 g/mol. The number of amides is 1. The molecule has 0 spiro atoms. The molecular formula is C10H22N2O3S. The lowest BCUT2D eigenvalue weighted by Gasteiger charge is -2.13. The zero-order valence-corrected chi connectivity index (χ0v) is 11.0. The Morgan fingerprint density at radius 2 is 1.94 bits per heavy atom. The van der Waals surface area contributed by atoms with Crippen molar-refractivity contribution in [1.82, 2.24) is 5.32 Å². The largest absolute Gasteiger partial charge is 0.353 e. The average Bonchev–Trinajstić information content (AvgIpc) is 1.98. The van der Waals surface area contributed by atoms with Crippen molar-refractivity contribution in [2.45, 2.75) is 45.7 Å². The molecule has 0 rings (SSSR count). The van der Waals surface area contributed by atoms with Gasteiger partial charge in [0, 0.05) is 12.1 Å². The molecule has 2 unspecified atom stereocenters. The first-order valence-electron chi connectivity index (χ1n) is 5.52. The Morgan fingerprint density at radius 1 is 1.38 bits per heavy atom. The number of hydrogen-bond acceptors (Lipinski definition) is 4. The summed E-state index contributed by atoms with van der Waals surface area (Å²) < 4.78 is 22.9. The lowest BCUT2D eigenvalue weighted by Crippen LogP contribution is -2.39. The van der Waals surface area contributed by atoms with Crippen molar-refractivity contribution in [3.05, 3.63) is 0 Å². The highest BCUT2D eigenvalue weighted by Gasteiger charge is 2.19. The zero-order valence-electron chi connectivity index (χ0n) is 10.2. The fourth-order valence-electron chi connectivity index (χ4n) is 1.48. The topological polar surface area (TPSA) is 89.3 Å². The molecule has 0 saturated carbocycles. The quantitative estimate of drug-likeness (QED) is 0.668. The van der Waals surface area contributed by atoms with Crippen LogP contribution in [0.4, 0.5) is 0 Å². The SMILES string of the molecule is CCCC(C)NC(=O)CS(=O)(=O)CC(C)N. The number of rotatable bonds is 7. The molecule has 0 bridgehead atoms. The molecule has 0 fully saturated rings. The summed E-state index contributed by atoms with van der Waals surface area (Å²) in [6.07, 6.45) is 1.80. The van der Waals surface area contributed by atoms with Crippen LogP contribution >= 0.6 is 0 Å². The molecule has 0 aliphatic heterocycles. The molecule has 0 saturated heterocycles. The number of carbonyl (C=O) groups is 1. The minimum atomic E-state index is -3.38. The molecule has 6 heteroatoms. The monoisotopic (exact) mass is 250 g/mol. The van der Waals surface area contributed by atoms with Crippen molar-refractivity contribution in [3.63, 3.8) is 0 Å². The third-order valence-corrected chi connectivity index (χ3v) is 3.73. The Kier molecular flexibility index (Phi) is 6.59. The van der Waals surface area contributed by atoms with E-state index in [0.29, 0.717) is 0 Å². The van der Waals surface area contributed by atoms with Gasteiger partial charge in [-0.2, -0.15) is 0 Å². The van der Waals surface area contributed by atoms with E-state index in [1.807, 2.05) is 13.8 Å². The summed E-state index contributed by atoms with van der Waals surface area (Å²) in [4.78, 5) is 11.4. The van der Waals surface area contributed by atoms with Crippen LogP contribution in [0, 0.1) is 0 Å². The van der Waals surface area contributed by atoms with Crippen LogP contribution in [0.2, 0.25) is 0 Å². The van der Waals surface area contributed by atoms with Crippen molar-refractivity contribution >= 4 is 15.7 Å². The van der Waals surface area contributed by atoms with Crippen LogP contribution in [0.3, 0.4) is 0 Å². The maximum atomic E-state index is 11.4. The third-order valence-electron chi connectivity index (χ3n) is 2.00. The van der Waals surface area contributed by atoms with Crippen molar-refractivity contribution in [1.29, 1.82) is 0 Å². The van der Waals surface area contributed by atoms with Gasteiger partial charge in [-0.3, -0.25) is 4.79 Å². The molecule has 16 heavy (non-hydrogen) atoms. The lowest BCUT2D eigenvalue weighted by molar-refractivity contribution is -0.119. The third kappa shape index (κ3) is 7.64. The summed E-state index contributed by atoms with van der Waals surface area (Å²) in [6, 6.07) is -0.422. The molecule has 0 aromatic carbocycles. The van der Waals surface area contributed by atoms with E-state index in [1.165, 1.54) is 0 Å². The second kappa shape index (κ2) is 6.85. The van der Waals surface area contributed by atoms with Crippen LogP contribution in [0.5, 0.6) is 0 Å². The highest BCUT2D eigenvalue weighted by atomic mass is 32.2. The van der Waals surface area contributed by atoms with E-state index in [2.05, 4.69) is 5.32 Å². The molecule has 0 radical (unpaired) electrons. The molecule has 0 aliphatic rings. The van der Waals surface area contributed by atoms with Crippen molar-refractivity contribution in [2.75, 3.05) is 11.5 Å². The Morgan fingerprint density at radius 3 is 2.38 bits per heavy atom. The Balaban J connectivity index is 4.14. The van der Waals surface area contributed by atoms with Gasteiger partial charge >= 0.3 is 0 Å². The van der Waals surface area contributed by atoms with Crippen molar-refractivity contribution in [2.24, 2.45) is 5.73 Å². The maximum Gasteiger partial charge on any atom is 0.235 e. The molecule has 3 N–H and O–H groups in total. The van der Waals surface area contributed by atoms with E-state index in [-0.39, 0.29) is 11.8 Å². The Hall–Kier alpha value is -0.620. The second-order valence-electron chi connectivity index (χ2n) is 4.29. The van der Waals surface area contributed by atoms with Gasteiger partial charge < -0.3 is 11.1 Å². The fourth-order valence-corrected chi connectivity index (χ4v) is 2.88. The molecule has 5 nitrogen and oxygen atoms in total. The molecule has 0 aromatic heterocycles. The molecule has 1 amide bonds. The Bertz CT molecular complexity index is 312. The first-order valence-corrected chi connectivity index (χ1v) is 7.34. The number of hydrogen-bond donors (Lipinski definition) is 2. The van der Waals surface area contributed by atoms with Crippen LogP contribution in [0.15, 0.2) is 0 Å². The highest BCUT2D eigenvalue weighted by Crippen LogP contribution is 1.97. The Labute approximate surface area is 97.7 Å². The van der Waals surface area contributed by atoms with E-state index < -0.39 is 27.5 Å². The zero-order chi connectivity index (χ0) is 12.8.